The molecular formula is C21H16F3N5O2S. The number of thiol groups is 1. The van der Waals surface area contributed by atoms with Crippen molar-refractivity contribution in [1.29, 1.82) is 5.26 Å². The molecule has 0 unspecified atom stereocenters. The Hall–Kier alpha value is -3.75. The van der Waals surface area contributed by atoms with E-state index >= 15 is 0 Å². The maximum absolute atomic E-state index is 14.5. The molecule has 0 spiro atoms. The van der Waals surface area contributed by atoms with Gasteiger partial charge in [0.05, 0.1) is 17.8 Å². The zero-order valence-corrected chi connectivity index (χ0v) is 17.4. The second-order valence-corrected chi connectivity index (χ2v) is 9.76. The lowest BCUT2D eigenvalue weighted by atomic mass is 10.1. The van der Waals surface area contributed by atoms with Crippen LogP contribution in [0.1, 0.15) is 5.56 Å². The molecule has 7 nitrogen and oxygen atoms in total. The average Bonchev–Trinajstić information content (AvgIpc) is 3.20. The van der Waals surface area contributed by atoms with E-state index < -0.39 is 27.6 Å². The summed E-state index contributed by atoms with van der Waals surface area (Å²) in [4.78, 5) is 8.03. The van der Waals surface area contributed by atoms with E-state index in [0.29, 0.717) is 5.56 Å². The number of nitrogens with zero attached hydrogens (tertiary/aromatic N) is 4. The van der Waals surface area contributed by atoms with Crippen LogP contribution in [0.2, 0.25) is 0 Å². The Morgan fingerprint density at radius 2 is 2.00 bits per heavy atom. The molecular weight excluding hydrogens is 443 g/mol. The van der Waals surface area contributed by atoms with E-state index in [4.69, 9.17) is 9.68 Å². The van der Waals surface area contributed by atoms with E-state index in [1.54, 1.807) is 12.3 Å². The lowest BCUT2D eigenvalue weighted by Crippen LogP contribution is -2.10. The van der Waals surface area contributed by atoms with Crippen LogP contribution in [0.4, 0.5) is 24.8 Å². The molecule has 0 aliphatic carbocycles. The highest BCUT2D eigenvalue weighted by Gasteiger charge is 2.17. The quantitative estimate of drug-likeness (QED) is 0.280. The van der Waals surface area contributed by atoms with Gasteiger partial charge in [0.1, 0.15) is 22.9 Å². The molecule has 11 heteroatoms. The summed E-state index contributed by atoms with van der Waals surface area (Å²) in [7, 11) is -2.91. The van der Waals surface area contributed by atoms with E-state index in [1.807, 2.05) is 0 Å². The van der Waals surface area contributed by atoms with E-state index in [-0.39, 0.29) is 39.6 Å². The standard InChI is InChI=1S/C21H16F3N5O2S/c1-32(30,27-11-25)10-12-6-13(22)8-14(7-12)28-21-26-9-18(24)19(29-21)16-2-3-17(23)15-4-5-31-20(15)16/h2-9,32H,10H2,1H3,(H,27,30)(H,26,28,29). The summed E-state index contributed by atoms with van der Waals surface area (Å²) in [6.45, 7) is 0. The lowest BCUT2D eigenvalue weighted by Gasteiger charge is -2.16. The summed E-state index contributed by atoms with van der Waals surface area (Å²) < 4.78 is 61.6. The van der Waals surface area contributed by atoms with Crippen LogP contribution in [0.25, 0.3) is 22.2 Å². The fourth-order valence-electron chi connectivity index (χ4n) is 3.25. The summed E-state index contributed by atoms with van der Waals surface area (Å²) in [5, 5.41) is 11.7. The molecule has 0 saturated heterocycles. The molecule has 2 N–H and O–H groups in total. The number of furan rings is 1. The van der Waals surface area contributed by atoms with Crippen LogP contribution in [0.15, 0.2) is 57.6 Å². The zero-order valence-electron chi connectivity index (χ0n) is 16.6. The van der Waals surface area contributed by atoms with Crippen molar-refractivity contribution in [1.82, 2.24) is 9.97 Å². The SMILES string of the molecule is C[SH](O)(Cc1cc(F)cc(Nc2ncc(F)c(-c3ccc(F)c4ccoc34)n2)c1)=NC#N. The zero-order chi connectivity index (χ0) is 22.9. The van der Waals surface area contributed by atoms with Gasteiger partial charge in [0.15, 0.2) is 5.82 Å². The second kappa shape index (κ2) is 8.41. The van der Waals surface area contributed by atoms with Crippen LogP contribution >= 0.6 is 0 Å². The van der Waals surface area contributed by atoms with Gasteiger partial charge in [-0.15, -0.1) is 4.36 Å². The van der Waals surface area contributed by atoms with Gasteiger partial charge in [-0.3, -0.25) is 0 Å². The molecule has 2 aromatic heterocycles. The third-order valence-electron chi connectivity index (χ3n) is 4.52. The van der Waals surface area contributed by atoms with Gasteiger partial charge in [0.2, 0.25) is 12.1 Å². The van der Waals surface area contributed by atoms with Crippen molar-refractivity contribution in [2.24, 2.45) is 4.36 Å². The van der Waals surface area contributed by atoms with Crippen LogP contribution in [0.5, 0.6) is 0 Å². The van der Waals surface area contributed by atoms with E-state index in [1.165, 1.54) is 42.9 Å². The van der Waals surface area contributed by atoms with Gasteiger partial charge >= 0.3 is 0 Å². The van der Waals surface area contributed by atoms with Gasteiger partial charge in [0, 0.05) is 17.0 Å². The molecule has 32 heavy (non-hydrogen) atoms. The number of hydrogen-bond donors (Lipinski definition) is 3. The van der Waals surface area contributed by atoms with Crippen LogP contribution in [-0.2, 0) is 15.9 Å². The summed E-state index contributed by atoms with van der Waals surface area (Å²) in [5.41, 5.74) is 0.891. The van der Waals surface area contributed by atoms with Crippen molar-refractivity contribution in [3.8, 4) is 17.5 Å². The second-order valence-electron chi connectivity index (χ2n) is 7.07. The van der Waals surface area contributed by atoms with Crippen molar-refractivity contribution < 1.29 is 22.1 Å². The first-order valence-electron chi connectivity index (χ1n) is 9.20. The van der Waals surface area contributed by atoms with Crippen LogP contribution in [0, 0.1) is 28.9 Å². The highest BCUT2D eigenvalue weighted by atomic mass is 32.3. The molecule has 0 radical (unpaired) electrons. The number of nitrogens with one attached hydrogen (secondary N) is 1. The predicted molar refractivity (Wildman–Crippen MR) is 116 cm³/mol. The van der Waals surface area contributed by atoms with Gasteiger partial charge < -0.3 is 14.3 Å². The van der Waals surface area contributed by atoms with E-state index in [0.717, 1.165) is 6.20 Å². The molecule has 4 aromatic rings. The predicted octanol–water partition coefficient (Wildman–Crippen LogP) is 5.20. The fraction of sp³-hybridized carbons (Fsp3) is 0.0952. The monoisotopic (exact) mass is 459 g/mol. The summed E-state index contributed by atoms with van der Waals surface area (Å²) in [6, 6.07) is 7.89. The number of fused-ring (bicyclic) bond motifs is 1. The number of nitriles is 1. The Labute approximate surface area is 181 Å². The molecule has 0 fully saturated rings. The van der Waals surface area contributed by atoms with E-state index in [9.17, 15) is 17.7 Å². The van der Waals surface area contributed by atoms with Crippen molar-refractivity contribution in [2.75, 3.05) is 11.6 Å². The van der Waals surface area contributed by atoms with Crippen LogP contribution in [-0.4, -0.2) is 20.8 Å². The van der Waals surface area contributed by atoms with Gasteiger partial charge in [-0.2, -0.15) is 5.26 Å². The molecule has 0 saturated carbocycles. The Bertz CT molecular complexity index is 1420. The van der Waals surface area contributed by atoms with E-state index in [2.05, 4.69) is 19.6 Å². The first-order valence-corrected chi connectivity index (χ1v) is 11.5. The number of benzene rings is 2. The molecule has 4 rings (SSSR count). The highest BCUT2D eigenvalue weighted by Crippen LogP contribution is 2.32. The Morgan fingerprint density at radius 1 is 1.19 bits per heavy atom. The number of hydrogen-bond acceptors (Lipinski definition) is 6. The molecule has 2 aromatic carbocycles. The Morgan fingerprint density at radius 3 is 2.78 bits per heavy atom. The maximum Gasteiger partial charge on any atom is 0.227 e. The normalized spacial score (nSPS) is 11.9. The fourth-order valence-corrected chi connectivity index (χ4v) is 4.39. The molecule has 164 valence electrons. The third kappa shape index (κ3) is 4.46. The van der Waals surface area contributed by atoms with Crippen molar-refractivity contribution >= 4 is 32.7 Å². The van der Waals surface area contributed by atoms with Crippen molar-refractivity contribution in [3.05, 3.63) is 71.9 Å². The number of anilines is 2. The van der Waals surface area contributed by atoms with Crippen LogP contribution < -0.4 is 5.32 Å². The third-order valence-corrected chi connectivity index (χ3v) is 6.00. The topological polar surface area (TPSA) is 107 Å². The molecule has 0 bridgehead atoms. The van der Waals surface area contributed by atoms with Crippen molar-refractivity contribution in [2.45, 2.75) is 5.75 Å². The molecule has 0 atom stereocenters. The average molecular weight is 459 g/mol. The summed E-state index contributed by atoms with van der Waals surface area (Å²) in [6.07, 6.45) is 5.23. The minimum atomic E-state index is -2.91. The molecule has 2 heterocycles. The molecule has 0 aliphatic rings. The first-order chi connectivity index (χ1) is 15.3. The first kappa shape index (κ1) is 21.5. The van der Waals surface area contributed by atoms with Gasteiger partial charge in [-0.25, -0.2) is 23.1 Å². The summed E-state index contributed by atoms with van der Waals surface area (Å²) >= 11 is 0. The largest absolute Gasteiger partial charge is 0.464 e. The van der Waals surface area contributed by atoms with Crippen molar-refractivity contribution in [3.63, 3.8) is 0 Å². The number of halogens is 3. The molecule has 0 aliphatic heterocycles. The Balaban J connectivity index is 1.70. The van der Waals surface area contributed by atoms with Gasteiger partial charge in [-0.05, 0) is 48.2 Å². The lowest BCUT2D eigenvalue weighted by molar-refractivity contribution is 0.605. The van der Waals surface area contributed by atoms with Crippen LogP contribution in [0.3, 0.4) is 0 Å². The highest BCUT2D eigenvalue weighted by molar-refractivity contribution is 7.98. The number of rotatable bonds is 5. The van der Waals surface area contributed by atoms with Gasteiger partial charge in [0.25, 0.3) is 0 Å². The maximum atomic E-state index is 14.5. The molecule has 0 amide bonds. The number of aromatic nitrogens is 2. The Kier molecular flexibility index (Phi) is 5.65. The van der Waals surface area contributed by atoms with Gasteiger partial charge in [-0.1, -0.05) is 10.1 Å². The smallest absolute Gasteiger partial charge is 0.227 e. The minimum Gasteiger partial charge on any atom is -0.464 e. The summed E-state index contributed by atoms with van der Waals surface area (Å²) in [5.74, 6) is -1.90. The minimum absolute atomic E-state index is 0.00538.